The maximum absolute atomic E-state index is 12.1. The summed E-state index contributed by atoms with van der Waals surface area (Å²) in [6.45, 7) is 6.02. The van der Waals surface area contributed by atoms with Crippen molar-refractivity contribution >= 4 is 37.8 Å². The van der Waals surface area contributed by atoms with Crippen molar-refractivity contribution in [2.75, 3.05) is 0 Å². The van der Waals surface area contributed by atoms with Gasteiger partial charge in [-0.05, 0) is 50.1 Å². The topological polar surface area (TPSA) is 35.5 Å². The molecule has 0 aliphatic rings. The van der Waals surface area contributed by atoms with E-state index < -0.39 is 5.60 Å². The second-order valence-corrected chi connectivity index (χ2v) is 8.24. The lowest BCUT2D eigenvalue weighted by Gasteiger charge is -2.20. The Morgan fingerprint density at radius 2 is 1.76 bits per heavy atom. The van der Waals surface area contributed by atoms with Gasteiger partial charge in [0.25, 0.3) is 0 Å². The Morgan fingerprint density at radius 3 is 2.44 bits per heavy atom. The third-order valence-corrected chi connectivity index (χ3v) is 4.40. The Morgan fingerprint density at radius 1 is 1.08 bits per heavy atom. The highest BCUT2D eigenvalue weighted by Gasteiger charge is 2.18. The molecular formula is C20H22Br2O3. The van der Waals surface area contributed by atoms with E-state index in [1.807, 2.05) is 51.1 Å². The summed E-state index contributed by atoms with van der Waals surface area (Å²) in [5.41, 5.74) is 2.58. The van der Waals surface area contributed by atoms with Crippen LogP contribution in [0, 0.1) is 0 Å². The highest BCUT2D eigenvalue weighted by molar-refractivity contribution is 9.10. The molecule has 0 spiro atoms. The lowest BCUT2D eigenvalue weighted by atomic mass is 10.1. The molecule has 0 fully saturated rings. The normalized spacial score (nSPS) is 11.2. The van der Waals surface area contributed by atoms with Gasteiger partial charge in [-0.3, -0.25) is 4.79 Å². The molecule has 0 atom stereocenters. The fourth-order valence-corrected chi connectivity index (χ4v) is 3.27. The fraction of sp³-hybridized carbons (Fsp3) is 0.350. The summed E-state index contributed by atoms with van der Waals surface area (Å²) < 4.78 is 12.4. The van der Waals surface area contributed by atoms with Crippen molar-refractivity contribution in [3.8, 4) is 5.75 Å². The molecule has 0 aliphatic heterocycles. The van der Waals surface area contributed by atoms with E-state index >= 15 is 0 Å². The van der Waals surface area contributed by atoms with Gasteiger partial charge in [-0.25, -0.2) is 0 Å². The number of esters is 1. The fourth-order valence-electron chi connectivity index (χ4n) is 2.36. The zero-order valence-electron chi connectivity index (χ0n) is 14.6. The maximum atomic E-state index is 12.1. The van der Waals surface area contributed by atoms with Crippen LogP contribution >= 0.6 is 31.9 Å². The predicted molar refractivity (Wildman–Crippen MR) is 107 cm³/mol. The van der Waals surface area contributed by atoms with E-state index in [9.17, 15) is 4.79 Å². The summed E-state index contributed by atoms with van der Waals surface area (Å²) >= 11 is 6.99. The molecule has 2 rings (SSSR count). The van der Waals surface area contributed by atoms with Crippen molar-refractivity contribution in [1.82, 2.24) is 0 Å². The molecule has 0 saturated carbocycles. The quantitative estimate of drug-likeness (QED) is 0.395. The minimum Gasteiger partial charge on any atom is -0.489 e. The molecule has 25 heavy (non-hydrogen) atoms. The first kappa shape index (κ1) is 20.0. The van der Waals surface area contributed by atoms with Crippen molar-refractivity contribution in [3.05, 3.63) is 63.6 Å². The zero-order valence-corrected chi connectivity index (χ0v) is 17.8. The van der Waals surface area contributed by atoms with Gasteiger partial charge in [-0.1, -0.05) is 56.1 Å². The molecule has 0 aliphatic carbocycles. The van der Waals surface area contributed by atoms with Gasteiger partial charge in [0.05, 0.1) is 6.42 Å². The highest BCUT2D eigenvalue weighted by Crippen LogP contribution is 2.23. The van der Waals surface area contributed by atoms with Gasteiger partial charge in [0.1, 0.15) is 18.0 Å². The number of carbonyl (C=O) groups excluding carboxylic acids is 1. The van der Waals surface area contributed by atoms with E-state index in [4.69, 9.17) is 9.47 Å². The first-order valence-electron chi connectivity index (χ1n) is 8.04. The molecule has 0 aromatic heterocycles. The van der Waals surface area contributed by atoms with Crippen molar-refractivity contribution in [1.29, 1.82) is 0 Å². The van der Waals surface area contributed by atoms with E-state index in [-0.39, 0.29) is 12.4 Å². The van der Waals surface area contributed by atoms with Crippen LogP contribution in [0.3, 0.4) is 0 Å². The molecule has 3 nitrogen and oxygen atoms in total. The number of hydrogen-bond donors (Lipinski definition) is 0. The monoisotopic (exact) mass is 468 g/mol. The lowest BCUT2D eigenvalue weighted by molar-refractivity contribution is -0.153. The van der Waals surface area contributed by atoms with Crippen LogP contribution in [-0.2, 0) is 27.9 Å². The van der Waals surface area contributed by atoms with Crippen molar-refractivity contribution in [2.24, 2.45) is 0 Å². The SMILES string of the molecule is CC(C)(C)OC(=O)Cc1ccccc1OCc1cc(Br)cc(CBr)c1. The molecule has 0 unspecified atom stereocenters. The zero-order chi connectivity index (χ0) is 18.4. The average molecular weight is 470 g/mol. The summed E-state index contributed by atoms with van der Waals surface area (Å²) in [5.74, 6) is 0.446. The van der Waals surface area contributed by atoms with Gasteiger partial charge in [0.2, 0.25) is 0 Å². The van der Waals surface area contributed by atoms with E-state index in [2.05, 4.69) is 44.0 Å². The predicted octanol–water partition coefficient (Wildman–Crippen LogP) is 5.81. The molecule has 5 heteroatoms. The van der Waals surface area contributed by atoms with Crippen LogP contribution in [0.15, 0.2) is 46.9 Å². The first-order chi connectivity index (χ1) is 11.8. The summed E-state index contributed by atoms with van der Waals surface area (Å²) in [7, 11) is 0. The van der Waals surface area contributed by atoms with E-state index in [0.29, 0.717) is 12.4 Å². The Labute approximate surface area is 166 Å². The Bertz CT molecular complexity index is 736. The summed E-state index contributed by atoms with van der Waals surface area (Å²) in [5, 5.41) is 0.786. The third-order valence-electron chi connectivity index (χ3n) is 3.29. The molecule has 0 N–H and O–H groups in total. The van der Waals surface area contributed by atoms with E-state index in [1.165, 1.54) is 5.56 Å². The minimum atomic E-state index is -0.491. The molecule has 0 bridgehead atoms. The highest BCUT2D eigenvalue weighted by atomic mass is 79.9. The van der Waals surface area contributed by atoms with Gasteiger partial charge in [0, 0.05) is 15.4 Å². The van der Waals surface area contributed by atoms with Gasteiger partial charge in [-0.2, -0.15) is 0 Å². The molecule has 2 aromatic rings. The Kier molecular flexibility index (Phi) is 7.08. The van der Waals surface area contributed by atoms with Crippen LogP contribution < -0.4 is 4.74 Å². The number of carbonyl (C=O) groups is 1. The molecule has 0 heterocycles. The number of benzene rings is 2. The molecule has 0 saturated heterocycles. The van der Waals surface area contributed by atoms with Crippen LogP contribution in [0.5, 0.6) is 5.75 Å². The molecular weight excluding hydrogens is 448 g/mol. The number of ether oxygens (including phenoxy) is 2. The van der Waals surface area contributed by atoms with Crippen molar-refractivity contribution in [3.63, 3.8) is 0 Å². The maximum Gasteiger partial charge on any atom is 0.310 e. The van der Waals surface area contributed by atoms with Crippen LogP contribution in [0.4, 0.5) is 0 Å². The van der Waals surface area contributed by atoms with Crippen LogP contribution in [-0.4, -0.2) is 11.6 Å². The van der Waals surface area contributed by atoms with E-state index in [0.717, 1.165) is 20.9 Å². The van der Waals surface area contributed by atoms with Gasteiger partial charge < -0.3 is 9.47 Å². The largest absolute Gasteiger partial charge is 0.489 e. The molecule has 0 amide bonds. The van der Waals surface area contributed by atoms with E-state index in [1.54, 1.807) is 0 Å². The number of hydrogen-bond acceptors (Lipinski definition) is 3. The Hall–Kier alpha value is -1.33. The average Bonchev–Trinajstić information content (AvgIpc) is 2.51. The molecule has 2 aromatic carbocycles. The number of rotatable bonds is 6. The minimum absolute atomic E-state index is 0.193. The summed E-state index contributed by atoms with van der Waals surface area (Å²) in [4.78, 5) is 12.1. The third kappa shape index (κ3) is 6.83. The second-order valence-electron chi connectivity index (χ2n) is 6.76. The molecule has 0 radical (unpaired) electrons. The smallest absolute Gasteiger partial charge is 0.310 e. The van der Waals surface area contributed by atoms with Gasteiger partial charge >= 0.3 is 5.97 Å². The standard InChI is InChI=1S/C20H22Br2O3/c1-20(2,3)25-19(23)11-16-6-4-5-7-18(16)24-13-15-8-14(12-21)9-17(22)10-15/h4-10H,11-13H2,1-3H3. The van der Waals surface area contributed by atoms with Crippen LogP contribution in [0.2, 0.25) is 0 Å². The second kappa shape index (κ2) is 8.86. The first-order valence-corrected chi connectivity index (χ1v) is 9.95. The van der Waals surface area contributed by atoms with Crippen molar-refractivity contribution < 1.29 is 14.3 Å². The summed E-state index contributed by atoms with van der Waals surface area (Å²) in [6, 6.07) is 13.8. The van der Waals surface area contributed by atoms with Gasteiger partial charge in [-0.15, -0.1) is 0 Å². The van der Waals surface area contributed by atoms with Crippen molar-refractivity contribution in [2.45, 2.75) is 44.7 Å². The number of halogens is 2. The van der Waals surface area contributed by atoms with Crippen LogP contribution in [0.1, 0.15) is 37.5 Å². The molecule has 134 valence electrons. The van der Waals surface area contributed by atoms with Crippen LogP contribution in [0.25, 0.3) is 0 Å². The number of alkyl halides is 1. The lowest BCUT2D eigenvalue weighted by Crippen LogP contribution is -2.25. The summed E-state index contributed by atoms with van der Waals surface area (Å²) in [6.07, 6.45) is 0.193. The number of para-hydroxylation sites is 1. The Balaban J connectivity index is 2.08. The van der Waals surface area contributed by atoms with Gasteiger partial charge in [0.15, 0.2) is 0 Å².